The van der Waals surface area contributed by atoms with Crippen molar-refractivity contribution in [3.8, 4) is 5.75 Å². The zero-order chi connectivity index (χ0) is 16.2. The van der Waals surface area contributed by atoms with Gasteiger partial charge in [-0.25, -0.2) is 13.1 Å². The van der Waals surface area contributed by atoms with E-state index in [-0.39, 0.29) is 41.8 Å². The summed E-state index contributed by atoms with van der Waals surface area (Å²) < 4.78 is 32.0. The molecule has 0 aliphatic carbocycles. The summed E-state index contributed by atoms with van der Waals surface area (Å²) in [5.41, 5.74) is 0. The van der Waals surface area contributed by atoms with Crippen molar-refractivity contribution in [2.24, 2.45) is 0 Å². The zero-order valence-electron chi connectivity index (χ0n) is 12.2. The number of nitrogens with zero attached hydrogens (tertiary/aromatic N) is 1. The number of benzene rings is 1. The molecule has 0 saturated carbocycles. The first-order valence-electron chi connectivity index (χ1n) is 6.86. The Morgan fingerprint density at radius 1 is 1.27 bits per heavy atom. The van der Waals surface area contributed by atoms with Crippen LogP contribution in [0.3, 0.4) is 0 Å². The number of carbonyl (C=O) groups is 2. The summed E-state index contributed by atoms with van der Waals surface area (Å²) in [6.45, 7) is 0.662. The molecule has 0 aromatic heterocycles. The molecule has 7 nitrogen and oxygen atoms in total. The minimum atomic E-state index is -3.71. The van der Waals surface area contributed by atoms with Gasteiger partial charge in [0.1, 0.15) is 16.4 Å². The van der Waals surface area contributed by atoms with Crippen molar-refractivity contribution in [2.75, 3.05) is 26.7 Å². The van der Waals surface area contributed by atoms with E-state index in [2.05, 4.69) is 4.72 Å². The van der Waals surface area contributed by atoms with Crippen LogP contribution in [0.1, 0.15) is 12.8 Å². The van der Waals surface area contributed by atoms with E-state index in [4.69, 9.17) is 4.74 Å². The van der Waals surface area contributed by atoms with E-state index in [1.807, 2.05) is 0 Å². The molecule has 0 radical (unpaired) electrons. The molecular weight excluding hydrogens is 308 g/mol. The number of carbonyl (C=O) groups excluding carboxylic acids is 2. The maximum absolute atomic E-state index is 12.2. The summed E-state index contributed by atoms with van der Waals surface area (Å²) in [6.07, 6.45) is 0.226. The summed E-state index contributed by atoms with van der Waals surface area (Å²) in [7, 11) is -2.31. The number of sulfonamides is 1. The lowest BCUT2D eigenvalue weighted by Gasteiger charge is -2.26. The molecule has 1 saturated heterocycles. The second kappa shape index (κ2) is 6.89. The highest BCUT2D eigenvalue weighted by atomic mass is 32.2. The van der Waals surface area contributed by atoms with Gasteiger partial charge in [0.15, 0.2) is 0 Å². The van der Waals surface area contributed by atoms with Crippen molar-refractivity contribution in [3.63, 3.8) is 0 Å². The number of nitrogens with one attached hydrogen (secondary N) is 1. The van der Waals surface area contributed by atoms with Gasteiger partial charge in [-0.2, -0.15) is 0 Å². The Bertz CT molecular complexity index is 672. The van der Waals surface area contributed by atoms with Gasteiger partial charge in [0.05, 0.1) is 13.5 Å². The molecule has 2 rings (SSSR count). The predicted octanol–water partition coefficient (Wildman–Crippen LogP) is 0.165. The summed E-state index contributed by atoms with van der Waals surface area (Å²) in [4.78, 5) is 24.3. The van der Waals surface area contributed by atoms with Crippen LogP contribution in [-0.2, 0) is 19.6 Å². The van der Waals surface area contributed by atoms with Gasteiger partial charge in [-0.15, -0.1) is 0 Å². The molecule has 120 valence electrons. The van der Waals surface area contributed by atoms with Crippen LogP contribution in [0, 0.1) is 0 Å². The van der Waals surface area contributed by atoms with Crippen LogP contribution in [0.25, 0.3) is 0 Å². The fourth-order valence-electron chi connectivity index (χ4n) is 2.22. The first kappa shape index (κ1) is 16.4. The number of hydrogen-bond acceptors (Lipinski definition) is 5. The quantitative estimate of drug-likeness (QED) is 0.752. The van der Waals surface area contributed by atoms with E-state index in [1.54, 1.807) is 18.2 Å². The number of hydrogen-bond donors (Lipinski definition) is 1. The van der Waals surface area contributed by atoms with Crippen molar-refractivity contribution in [2.45, 2.75) is 17.7 Å². The van der Waals surface area contributed by atoms with Crippen molar-refractivity contribution in [1.82, 2.24) is 9.62 Å². The predicted molar refractivity (Wildman–Crippen MR) is 79.0 cm³/mol. The fraction of sp³-hybridized carbons (Fsp3) is 0.429. The van der Waals surface area contributed by atoms with Crippen LogP contribution < -0.4 is 9.46 Å². The van der Waals surface area contributed by atoms with Gasteiger partial charge >= 0.3 is 0 Å². The van der Waals surface area contributed by atoms with Crippen molar-refractivity contribution in [3.05, 3.63) is 24.3 Å². The van der Waals surface area contributed by atoms with E-state index < -0.39 is 10.0 Å². The van der Waals surface area contributed by atoms with E-state index in [0.717, 1.165) is 0 Å². The molecule has 0 unspecified atom stereocenters. The molecule has 1 heterocycles. The van der Waals surface area contributed by atoms with Gasteiger partial charge in [0.25, 0.3) is 0 Å². The second-order valence-electron chi connectivity index (χ2n) is 4.89. The Labute approximate surface area is 129 Å². The van der Waals surface area contributed by atoms with Crippen molar-refractivity contribution < 1.29 is 22.7 Å². The molecule has 1 fully saturated rings. The number of piperidine rings is 1. The topological polar surface area (TPSA) is 92.8 Å². The normalized spacial score (nSPS) is 16.0. The number of amides is 1. The Kier molecular flexibility index (Phi) is 5.15. The zero-order valence-corrected chi connectivity index (χ0v) is 13.1. The highest BCUT2D eigenvalue weighted by Gasteiger charge is 2.24. The lowest BCUT2D eigenvalue weighted by Crippen LogP contribution is -2.43. The molecule has 1 N–H and O–H groups in total. The van der Waals surface area contributed by atoms with Crippen molar-refractivity contribution >= 4 is 21.7 Å². The van der Waals surface area contributed by atoms with E-state index in [0.29, 0.717) is 13.0 Å². The number of Topliss-reactive ketones (excluding diaryl/α,β-unsaturated/α-hetero) is 1. The smallest absolute Gasteiger partial charge is 0.244 e. The number of rotatable bonds is 6. The molecule has 1 aliphatic heterocycles. The number of ether oxygens (including phenoxy) is 1. The van der Waals surface area contributed by atoms with Gasteiger partial charge in [-0.1, -0.05) is 12.1 Å². The molecular formula is C14H18N2O5S. The molecule has 8 heteroatoms. The lowest BCUT2D eigenvalue weighted by molar-refractivity contribution is -0.139. The Morgan fingerprint density at radius 3 is 2.68 bits per heavy atom. The standard InChI is InChI=1S/C14H18N2O5S/c1-21-12-4-2-3-5-13(12)22(19,20)15-7-9-16-8-6-11(17)10-14(16)18/h2-5,15H,6-10H2,1H3. The molecule has 1 amide bonds. The van der Waals surface area contributed by atoms with Crippen LogP contribution in [-0.4, -0.2) is 51.8 Å². The number of methoxy groups -OCH3 is 1. The highest BCUT2D eigenvalue weighted by Crippen LogP contribution is 2.22. The third-order valence-corrected chi connectivity index (χ3v) is 4.89. The third kappa shape index (κ3) is 3.83. The summed E-state index contributed by atoms with van der Waals surface area (Å²) in [6, 6.07) is 6.30. The van der Waals surface area contributed by atoms with Crippen LogP contribution >= 0.6 is 0 Å². The second-order valence-corrected chi connectivity index (χ2v) is 6.63. The van der Waals surface area contributed by atoms with Gasteiger partial charge in [-0.3, -0.25) is 9.59 Å². The van der Waals surface area contributed by atoms with Gasteiger partial charge in [0.2, 0.25) is 15.9 Å². The Balaban J connectivity index is 1.96. The fourth-order valence-corrected chi connectivity index (χ4v) is 3.41. The number of para-hydroxylation sites is 1. The molecule has 1 aromatic rings. The SMILES string of the molecule is COc1ccccc1S(=O)(=O)NCCN1CCC(=O)CC1=O. The Hall–Kier alpha value is -1.93. The van der Waals surface area contributed by atoms with E-state index in [9.17, 15) is 18.0 Å². The van der Waals surface area contributed by atoms with E-state index >= 15 is 0 Å². The number of ketones is 1. The minimum Gasteiger partial charge on any atom is -0.495 e. The highest BCUT2D eigenvalue weighted by molar-refractivity contribution is 7.89. The molecule has 1 aromatic carbocycles. The largest absolute Gasteiger partial charge is 0.495 e. The van der Waals surface area contributed by atoms with Crippen LogP contribution in [0.15, 0.2) is 29.2 Å². The molecule has 0 bridgehead atoms. The van der Waals surface area contributed by atoms with Gasteiger partial charge < -0.3 is 9.64 Å². The Morgan fingerprint density at radius 2 is 2.00 bits per heavy atom. The molecule has 22 heavy (non-hydrogen) atoms. The van der Waals surface area contributed by atoms with Crippen LogP contribution in [0.2, 0.25) is 0 Å². The maximum atomic E-state index is 12.2. The molecule has 1 aliphatic rings. The van der Waals surface area contributed by atoms with Crippen LogP contribution in [0.5, 0.6) is 5.75 Å². The van der Waals surface area contributed by atoms with Gasteiger partial charge in [-0.05, 0) is 12.1 Å². The minimum absolute atomic E-state index is 0.0534. The summed E-state index contributed by atoms with van der Waals surface area (Å²) in [5.74, 6) is -0.0711. The summed E-state index contributed by atoms with van der Waals surface area (Å²) in [5, 5.41) is 0. The van der Waals surface area contributed by atoms with Crippen molar-refractivity contribution in [1.29, 1.82) is 0 Å². The van der Waals surface area contributed by atoms with Crippen LogP contribution in [0.4, 0.5) is 0 Å². The first-order chi connectivity index (χ1) is 10.4. The lowest BCUT2D eigenvalue weighted by atomic mass is 10.1. The first-order valence-corrected chi connectivity index (χ1v) is 8.34. The van der Waals surface area contributed by atoms with Gasteiger partial charge in [0, 0.05) is 26.1 Å². The third-order valence-electron chi connectivity index (χ3n) is 3.39. The maximum Gasteiger partial charge on any atom is 0.244 e. The monoisotopic (exact) mass is 326 g/mol. The number of likely N-dealkylation sites (tertiary alicyclic amines) is 1. The molecule has 0 spiro atoms. The summed E-state index contributed by atoms with van der Waals surface area (Å²) >= 11 is 0. The average molecular weight is 326 g/mol. The van der Waals surface area contributed by atoms with E-state index in [1.165, 1.54) is 18.1 Å². The molecule has 0 atom stereocenters. The average Bonchev–Trinajstić information content (AvgIpc) is 2.49.